The predicted molar refractivity (Wildman–Crippen MR) is 101 cm³/mol. The van der Waals surface area contributed by atoms with Crippen LogP contribution < -0.4 is 15.6 Å². The Labute approximate surface area is 159 Å². The molecule has 0 unspecified atom stereocenters. The van der Waals surface area contributed by atoms with Gasteiger partial charge in [-0.3, -0.25) is 20.4 Å². The smallest absolute Gasteiger partial charge is 0.273 e. The Hall–Kier alpha value is -1.56. The lowest BCUT2D eigenvalue weighted by atomic mass is 10.2. The summed E-state index contributed by atoms with van der Waals surface area (Å²) in [6.45, 7) is 0. The molecule has 0 saturated carbocycles. The van der Waals surface area contributed by atoms with E-state index < -0.39 is 11.8 Å². The molecule has 0 spiro atoms. The maximum absolute atomic E-state index is 12.1. The van der Waals surface area contributed by atoms with E-state index >= 15 is 0 Å². The molecule has 0 fully saturated rings. The Bertz CT molecular complexity index is 748. The first-order valence-electron chi connectivity index (χ1n) is 6.35. The Kier molecular flexibility index (Phi) is 6.04. The van der Waals surface area contributed by atoms with Crippen LogP contribution in [0.2, 0.25) is 0 Å². The summed E-state index contributed by atoms with van der Waals surface area (Å²) >= 11 is 3.98. The van der Waals surface area contributed by atoms with Crippen LogP contribution in [0.4, 0.5) is 0 Å². The highest BCUT2D eigenvalue weighted by Gasteiger charge is 2.16. The van der Waals surface area contributed by atoms with E-state index in [4.69, 9.17) is 4.74 Å². The van der Waals surface area contributed by atoms with Crippen molar-refractivity contribution < 1.29 is 19.4 Å². The van der Waals surface area contributed by atoms with Gasteiger partial charge in [0, 0.05) is 9.13 Å². The summed E-state index contributed by atoms with van der Waals surface area (Å²) in [5.41, 5.74) is 5.05. The van der Waals surface area contributed by atoms with Crippen molar-refractivity contribution in [2.75, 3.05) is 7.11 Å². The summed E-state index contributed by atoms with van der Waals surface area (Å²) in [6, 6.07) is 9.71. The Morgan fingerprint density at radius 2 is 1.65 bits per heavy atom. The molecule has 6 nitrogen and oxygen atoms in total. The Morgan fingerprint density at radius 1 is 1.04 bits per heavy atom. The second-order valence-electron chi connectivity index (χ2n) is 4.42. The number of methoxy groups -OCH3 is 1. The molecule has 0 radical (unpaired) electrons. The van der Waals surface area contributed by atoms with Crippen molar-refractivity contribution in [2.24, 2.45) is 0 Å². The van der Waals surface area contributed by atoms with E-state index in [-0.39, 0.29) is 11.3 Å². The van der Waals surface area contributed by atoms with E-state index in [1.807, 2.05) is 45.2 Å². The molecule has 0 aromatic heterocycles. The van der Waals surface area contributed by atoms with Crippen LogP contribution in [-0.4, -0.2) is 24.0 Å². The minimum Gasteiger partial charge on any atom is -0.506 e. The van der Waals surface area contributed by atoms with Gasteiger partial charge in [0.05, 0.1) is 16.2 Å². The molecule has 3 N–H and O–H groups in total. The second-order valence-corrected chi connectivity index (χ2v) is 6.83. The van der Waals surface area contributed by atoms with Gasteiger partial charge in [-0.25, -0.2) is 0 Å². The number of phenols is 1. The van der Waals surface area contributed by atoms with Gasteiger partial charge >= 0.3 is 0 Å². The molecule has 2 aromatic carbocycles. The van der Waals surface area contributed by atoms with Gasteiger partial charge in [0.2, 0.25) is 0 Å². The first-order valence-corrected chi connectivity index (χ1v) is 8.51. The number of phenolic OH excluding ortho intramolecular Hbond substituents is 1. The normalized spacial score (nSPS) is 10.0. The van der Waals surface area contributed by atoms with Crippen LogP contribution in [0.15, 0.2) is 36.4 Å². The highest BCUT2D eigenvalue weighted by molar-refractivity contribution is 14.1. The number of aromatic hydroxyl groups is 1. The number of carbonyl (C=O) groups excluding carboxylic acids is 2. The fourth-order valence-electron chi connectivity index (χ4n) is 1.73. The van der Waals surface area contributed by atoms with E-state index in [0.29, 0.717) is 14.9 Å². The number of halogens is 2. The van der Waals surface area contributed by atoms with E-state index in [9.17, 15) is 14.7 Å². The first kappa shape index (κ1) is 17.8. The molecule has 0 saturated heterocycles. The molecule has 0 aliphatic rings. The van der Waals surface area contributed by atoms with Crippen LogP contribution in [0.3, 0.4) is 0 Å². The lowest BCUT2D eigenvalue weighted by Crippen LogP contribution is -2.41. The minimum absolute atomic E-state index is 0.0938. The molecule has 23 heavy (non-hydrogen) atoms. The number of ether oxygens (including phenoxy) is 1. The number of benzene rings is 2. The van der Waals surface area contributed by atoms with Crippen molar-refractivity contribution in [3.63, 3.8) is 0 Å². The molecule has 2 rings (SSSR count). The van der Waals surface area contributed by atoms with E-state index in [1.54, 1.807) is 30.3 Å². The van der Waals surface area contributed by atoms with Gasteiger partial charge in [-0.05, 0) is 81.6 Å². The number of hydrazine groups is 1. The molecule has 0 atom stereocenters. The van der Waals surface area contributed by atoms with Gasteiger partial charge in [-0.1, -0.05) is 0 Å². The zero-order valence-electron chi connectivity index (χ0n) is 11.9. The van der Waals surface area contributed by atoms with Crippen molar-refractivity contribution >= 4 is 57.0 Å². The summed E-state index contributed by atoms with van der Waals surface area (Å²) < 4.78 is 6.37. The quantitative estimate of drug-likeness (QED) is 0.415. The number of rotatable bonds is 3. The Morgan fingerprint density at radius 3 is 2.26 bits per heavy atom. The zero-order chi connectivity index (χ0) is 17.0. The molecule has 0 aliphatic carbocycles. The van der Waals surface area contributed by atoms with E-state index in [1.165, 1.54) is 13.2 Å². The lowest BCUT2D eigenvalue weighted by Gasteiger charge is -2.10. The number of amides is 2. The van der Waals surface area contributed by atoms with Crippen LogP contribution in [0.5, 0.6) is 11.5 Å². The molecule has 120 valence electrons. The molecular weight excluding hydrogens is 526 g/mol. The van der Waals surface area contributed by atoms with Gasteiger partial charge in [-0.2, -0.15) is 0 Å². The summed E-state index contributed by atoms with van der Waals surface area (Å²) in [4.78, 5) is 24.1. The van der Waals surface area contributed by atoms with Gasteiger partial charge in [0.15, 0.2) is 0 Å². The monoisotopic (exact) mass is 538 g/mol. The molecule has 0 bridgehead atoms. The fourth-order valence-corrected chi connectivity index (χ4v) is 3.58. The summed E-state index contributed by atoms with van der Waals surface area (Å²) in [6.07, 6.45) is 0. The number of hydrogen-bond acceptors (Lipinski definition) is 4. The van der Waals surface area contributed by atoms with Crippen LogP contribution in [-0.2, 0) is 0 Å². The molecule has 0 heterocycles. The topological polar surface area (TPSA) is 87.7 Å². The van der Waals surface area contributed by atoms with Gasteiger partial charge in [-0.15, -0.1) is 0 Å². The standard InChI is InChI=1S/C15H12I2N2O4/c1-23-10-4-2-8(3-5-10)14(21)18-19-15(22)11-6-9(16)7-12(17)13(11)20/h2-7,20H,1H3,(H,18,21)(H,19,22). The largest absolute Gasteiger partial charge is 0.506 e. The minimum atomic E-state index is -0.596. The van der Waals surface area contributed by atoms with Crippen molar-refractivity contribution in [3.05, 3.63) is 54.7 Å². The number of carbonyl (C=O) groups is 2. The van der Waals surface area contributed by atoms with Gasteiger partial charge < -0.3 is 9.84 Å². The lowest BCUT2D eigenvalue weighted by molar-refractivity contribution is 0.0845. The van der Waals surface area contributed by atoms with Crippen molar-refractivity contribution in [1.29, 1.82) is 0 Å². The molecule has 8 heteroatoms. The van der Waals surface area contributed by atoms with Crippen molar-refractivity contribution in [1.82, 2.24) is 10.9 Å². The SMILES string of the molecule is COc1ccc(C(=O)NNC(=O)c2cc(I)cc(I)c2O)cc1. The van der Waals surface area contributed by atoms with Gasteiger partial charge in [0.25, 0.3) is 11.8 Å². The highest BCUT2D eigenvalue weighted by atomic mass is 127. The number of nitrogens with one attached hydrogen (secondary N) is 2. The van der Waals surface area contributed by atoms with Crippen LogP contribution in [0, 0.1) is 7.14 Å². The fraction of sp³-hybridized carbons (Fsp3) is 0.0667. The average Bonchev–Trinajstić information content (AvgIpc) is 2.55. The molecular formula is C15H12I2N2O4. The summed E-state index contributed by atoms with van der Waals surface area (Å²) in [7, 11) is 1.53. The van der Waals surface area contributed by atoms with E-state index in [2.05, 4.69) is 10.9 Å². The van der Waals surface area contributed by atoms with Crippen molar-refractivity contribution in [3.8, 4) is 11.5 Å². The van der Waals surface area contributed by atoms with E-state index in [0.717, 1.165) is 3.57 Å². The molecule has 2 amide bonds. The van der Waals surface area contributed by atoms with Crippen LogP contribution >= 0.6 is 45.2 Å². The highest BCUT2D eigenvalue weighted by Crippen LogP contribution is 2.26. The molecule has 2 aromatic rings. The summed E-state index contributed by atoms with van der Waals surface area (Å²) in [5, 5.41) is 9.93. The van der Waals surface area contributed by atoms with Crippen LogP contribution in [0.1, 0.15) is 20.7 Å². The second kappa shape index (κ2) is 7.81. The van der Waals surface area contributed by atoms with Gasteiger partial charge in [0.1, 0.15) is 11.5 Å². The van der Waals surface area contributed by atoms with Crippen molar-refractivity contribution in [2.45, 2.75) is 0 Å². The predicted octanol–water partition coefficient (Wildman–Crippen LogP) is 2.68. The maximum Gasteiger partial charge on any atom is 0.273 e. The third kappa shape index (κ3) is 4.47. The summed E-state index contributed by atoms with van der Waals surface area (Å²) in [5.74, 6) is -0.562. The third-order valence-electron chi connectivity index (χ3n) is 2.91. The zero-order valence-corrected chi connectivity index (χ0v) is 16.2. The Balaban J connectivity index is 2.05. The third-order valence-corrected chi connectivity index (χ3v) is 4.36. The average molecular weight is 538 g/mol. The van der Waals surface area contributed by atoms with Crippen LogP contribution in [0.25, 0.3) is 0 Å². The maximum atomic E-state index is 12.1. The first-order chi connectivity index (χ1) is 10.9. The number of hydrogen-bond donors (Lipinski definition) is 3. The molecule has 0 aliphatic heterocycles.